The number of anilines is 1. The second-order valence-electron chi connectivity index (χ2n) is 3.43. The van der Waals surface area contributed by atoms with Gasteiger partial charge in [-0.05, 0) is 19.1 Å². The summed E-state index contributed by atoms with van der Waals surface area (Å²) in [6, 6.07) is 3.41. The van der Waals surface area contributed by atoms with E-state index in [0.717, 1.165) is 16.1 Å². The van der Waals surface area contributed by atoms with Gasteiger partial charge in [0.05, 0.1) is 17.8 Å². The number of halogens is 2. The van der Waals surface area contributed by atoms with Gasteiger partial charge in [0, 0.05) is 15.5 Å². The van der Waals surface area contributed by atoms with Crippen LogP contribution in [0.1, 0.15) is 4.88 Å². The molecule has 0 saturated carbocycles. The van der Waals surface area contributed by atoms with Crippen molar-refractivity contribution in [3.8, 4) is 17.0 Å². The third-order valence-electron chi connectivity index (χ3n) is 2.28. The molecule has 3 nitrogen and oxygen atoms in total. The summed E-state index contributed by atoms with van der Waals surface area (Å²) in [5.41, 5.74) is 7.20. The van der Waals surface area contributed by atoms with Gasteiger partial charge < -0.3 is 10.5 Å². The molecule has 0 amide bonds. The molecule has 0 atom stereocenters. The second kappa shape index (κ2) is 4.72. The SMILES string of the molecule is COc1c(Cl)cc(Cl)cc1-c1nc(N)sc1C. The van der Waals surface area contributed by atoms with Gasteiger partial charge in [0.25, 0.3) is 0 Å². The van der Waals surface area contributed by atoms with E-state index in [2.05, 4.69) is 4.98 Å². The molecule has 0 unspecified atom stereocenters. The van der Waals surface area contributed by atoms with Crippen molar-refractivity contribution in [1.29, 1.82) is 0 Å². The summed E-state index contributed by atoms with van der Waals surface area (Å²) in [4.78, 5) is 5.27. The number of aromatic nitrogens is 1. The minimum atomic E-state index is 0.459. The molecule has 0 aliphatic rings. The first-order chi connectivity index (χ1) is 8.02. The summed E-state index contributed by atoms with van der Waals surface area (Å²) in [7, 11) is 1.56. The number of hydrogen-bond donors (Lipinski definition) is 1. The summed E-state index contributed by atoms with van der Waals surface area (Å²) >= 11 is 13.5. The Bertz CT molecular complexity index is 569. The normalized spacial score (nSPS) is 10.6. The molecule has 0 fully saturated rings. The van der Waals surface area contributed by atoms with Gasteiger partial charge in [-0.25, -0.2) is 4.98 Å². The Morgan fingerprint density at radius 3 is 2.59 bits per heavy atom. The molecule has 2 aromatic rings. The summed E-state index contributed by atoms with van der Waals surface area (Å²) in [6.45, 7) is 1.94. The van der Waals surface area contributed by atoms with Gasteiger partial charge in [0.2, 0.25) is 0 Å². The number of nitrogen functional groups attached to an aromatic ring is 1. The van der Waals surface area contributed by atoms with Gasteiger partial charge in [-0.15, -0.1) is 11.3 Å². The van der Waals surface area contributed by atoms with E-state index < -0.39 is 0 Å². The van der Waals surface area contributed by atoms with Crippen LogP contribution in [0.4, 0.5) is 5.13 Å². The van der Waals surface area contributed by atoms with Crippen molar-refractivity contribution in [2.24, 2.45) is 0 Å². The highest BCUT2D eigenvalue weighted by Crippen LogP contribution is 2.41. The molecule has 2 rings (SSSR count). The molecule has 2 N–H and O–H groups in total. The maximum Gasteiger partial charge on any atom is 0.180 e. The fourth-order valence-corrected chi connectivity index (χ4v) is 2.88. The van der Waals surface area contributed by atoms with Gasteiger partial charge in [-0.1, -0.05) is 23.2 Å². The first-order valence-corrected chi connectivity index (χ1v) is 6.36. The molecule has 90 valence electrons. The lowest BCUT2D eigenvalue weighted by atomic mass is 10.1. The van der Waals surface area contributed by atoms with Crippen molar-refractivity contribution < 1.29 is 4.74 Å². The molecule has 0 aliphatic carbocycles. The zero-order chi connectivity index (χ0) is 12.6. The lowest BCUT2D eigenvalue weighted by Gasteiger charge is -2.09. The predicted molar refractivity (Wildman–Crippen MR) is 73.3 cm³/mol. The minimum Gasteiger partial charge on any atom is -0.494 e. The van der Waals surface area contributed by atoms with E-state index in [1.54, 1.807) is 19.2 Å². The maximum atomic E-state index is 6.08. The molecule has 6 heteroatoms. The van der Waals surface area contributed by atoms with Crippen molar-refractivity contribution in [2.75, 3.05) is 12.8 Å². The maximum absolute atomic E-state index is 6.08. The molecule has 1 aromatic heterocycles. The number of benzene rings is 1. The average Bonchev–Trinajstić information content (AvgIpc) is 2.56. The summed E-state index contributed by atoms with van der Waals surface area (Å²) in [5.74, 6) is 0.560. The first-order valence-electron chi connectivity index (χ1n) is 4.79. The number of rotatable bonds is 2. The second-order valence-corrected chi connectivity index (χ2v) is 5.50. The topological polar surface area (TPSA) is 48.1 Å². The van der Waals surface area contributed by atoms with Crippen molar-refractivity contribution >= 4 is 39.7 Å². The Morgan fingerprint density at radius 2 is 2.06 bits per heavy atom. The molecule has 0 bridgehead atoms. The molecule has 0 aliphatic heterocycles. The highest BCUT2D eigenvalue weighted by molar-refractivity contribution is 7.15. The van der Waals surface area contributed by atoms with Gasteiger partial charge >= 0.3 is 0 Å². The Kier molecular flexibility index (Phi) is 3.47. The van der Waals surface area contributed by atoms with Crippen LogP contribution in [0.15, 0.2) is 12.1 Å². The fraction of sp³-hybridized carbons (Fsp3) is 0.182. The van der Waals surface area contributed by atoms with E-state index in [1.165, 1.54) is 11.3 Å². The van der Waals surface area contributed by atoms with E-state index in [1.807, 2.05) is 6.92 Å². The molecular weight excluding hydrogens is 279 g/mol. The summed E-state index contributed by atoms with van der Waals surface area (Å²) in [5, 5.41) is 1.51. The van der Waals surface area contributed by atoms with Crippen LogP contribution in [0.25, 0.3) is 11.3 Å². The zero-order valence-electron chi connectivity index (χ0n) is 9.25. The number of ether oxygens (including phenoxy) is 1. The lowest BCUT2D eigenvalue weighted by molar-refractivity contribution is 0.416. The van der Waals surface area contributed by atoms with Gasteiger partial charge in [-0.2, -0.15) is 0 Å². The third kappa shape index (κ3) is 2.34. The molecule has 1 aromatic carbocycles. The largest absolute Gasteiger partial charge is 0.494 e. The number of hydrogen-bond acceptors (Lipinski definition) is 4. The Hall–Kier alpha value is -0.970. The van der Waals surface area contributed by atoms with Crippen LogP contribution in [0, 0.1) is 6.92 Å². The van der Waals surface area contributed by atoms with E-state index in [4.69, 9.17) is 33.7 Å². The number of nitrogens with two attached hydrogens (primary N) is 1. The third-order valence-corrected chi connectivity index (χ3v) is 3.58. The van der Waals surface area contributed by atoms with Gasteiger partial charge in [0.15, 0.2) is 5.13 Å². The van der Waals surface area contributed by atoms with Crippen molar-refractivity contribution in [1.82, 2.24) is 4.98 Å². The van der Waals surface area contributed by atoms with Crippen LogP contribution in [-0.4, -0.2) is 12.1 Å². The Morgan fingerprint density at radius 1 is 1.35 bits per heavy atom. The number of methoxy groups -OCH3 is 1. The van der Waals surface area contributed by atoms with Crippen LogP contribution < -0.4 is 10.5 Å². The van der Waals surface area contributed by atoms with E-state index in [-0.39, 0.29) is 0 Å². The average molecular weight is 289 g/mol. The quantitative estimate of drug-likeness (QED) is 0.908. The zero-order valence-corrected chi connectivity index (χ0v) is 11.6. The van der Waals surface area contributed by atoms with Crippen LogP contribution in [0.2, 0.25) is 10.0 Å². The van der Waals surface area contributed by atoms with Crippen LogP contribution in [0.3, 0.4) is 0 Å². The highest BCUT2D eigenvalue weighted by atomic mass is 35.5. The molecule has 17 heavy (non-hydrogen) atoms. The number of thiazole rings is 1. The lowest BCUT2D eigenvalue weighted by Crippen LogP contribution is -1.91. The molecular formula is C11H10Cl2N2OS. The van der Waals surface area contributed by atoms with E-state index >= 15 is 0 Å². The first kappa shape index (κ1) is 12.5. The predicted octanol–water partition coefficient (Wildman–Crippen LogP) is 4.02. The molecule has 0 saturated heterocycles. The standard InChI is InChI=1S/C11H10Cl2N2OS/c1-5-9(15-11(14)17-5)7-3-6(12)4-8(13)10(7)16-2/h3-4H,1-2H3,(H2,14,15). The highest BCUT2D eigenvalue weighted by Gasteiger charge is 2.16. The summed E-state index contributed by atoms with van der Waals surface area (Å²) in [6.07, 6.45) is 0. The number of aryl methyl sites for hydroxylation is 1. The van der Waals surface area contributed by atoms with Gasteiger partial charge in [-0.3, -0.25) is 0 Å². The van der Waals surface area contributed by atoms with Crippen molar-refractivity contribution in [3.63, 3.8) is 0 Å². The van der Waals surface area contributed by atoms with Crippen LogP contribution in [0.5, 0.6) is 5.75 Å². The van der Waals surface area contributed by atoms with Crippen molar-refractivity contribution in [3.05, 3.63) is 27.1 Å². The number of nitrogens with zero attached hydrogens (tertiary/aromatic N) is 1. The Balaban J connectivity index is 2.69. The molecule has 1 heterocycles. The Labute approximate surface area is 113 Å². The van der Waals surface area contributed by atoms with Crippen LogP contribution >= 0.6 is 34.5 Å². The molecule has 0 radical (unpaired) electrons. The smallest absolute Gasteiger partial charge is 0.180 e. The minimum absolute atomic E-state index is 0.459. The molecule has 0 spiro atoms. The van der Waals surface area contributed by atoms with Crippen LogP contribution in [-0.2, 0) is 0 Å². The fourth-order valence-electron chi connectivity index (χ4n) is 1.61. The van der Waals surface area contributed by atoms with E-state index in [9.17, 15) is 0 Å². The van der Waals surface area contributed by atoms with E-state index in [0.29, 0.717) is 20.9 Å². The van der Waals surface area contributed by atoms with Crippen molar-refractivity contribution in [2.45, 2.75) is 6.92 Å². The monoisotopic (exact) mass is 288 g/mol. The summed E-state index contributed by atoms with van der Waals surface area (Å²) < 4.78 is 5.28. The van der Waals surface area contributed by atoms with Gasteiger partial charge in [0.1, 0.15) is 5.75 Å².